The van der Waals surface area contributed by atoms with Gasteiger partial charge in [-0.25, -0.2) is 0 Å². The van der Waals surface area contributed by atoms with E-state index in [1.165, 1.54) is 32.1 Å². The van der Waals surface area contributed by atoms with Gasteiger partial charge < -0.3 is 5.32 Å². The zero-order valence-corrected chi connectivity index (χ0v) is 11.3. The Kier molecular flexibility index (Phi) is 5.60. The first kappa shape index (κ1) is 13.8. The second-order valence-corrected chi connectivity index (χ2v) is 5.82. The summed E-state index contributed by atoms with van der Waals surface area (Å²) in [4.78, 5) is 12.1. The van der Waals surface area contributed by atoms with E-state index in [1.54, 1.807) is 0 Å². The largest absolute Gasteiger partial charge is 0.350 e. The molecule has 0 radical (unpaired) electrons. The molecule has 1 fully saturated rings. The molecule has 0 unspecified atom stereocenters. The van der Waals surface area contributed by atoms with Gasteiger partial charge in [-0.2, -0.15) is 0 Å². The lowest BCUT2D eigenvalue weighted by molar-refractivity contribution is -0.127. The molecule has 0 bridgehead atoms. The Hall–Kier alpha value is -0.240. The van der Waals surface area contributed by atoms with Crippen LogP contribution >= 0.6 is 11.6 Å². The molecule has 1 amide bonds. The molecule has 0 spiro atoms. The molecule has 1 N–H and O–H groups in total. The summed E-state index contributed by atoms with van der Waals surface area (Å²) in [6.45, 7) is 3.95. The van der Waals surface area contributed by atoms with Gasteiger partial charge in [-0.15, -0.1) is 11.6 Å². The van der Waals surface area contributed by atoms with Crippen molar-refractivity contribution in [1.82, 2.24) is 5.32 Å². The summed E-state index contributed by atoms with van der Waals surface area (Å²) in [5.74, 6) is 0.876. The van der Waals surface area contributed by atoms with Crippen LogP contribution in [0.15, 0.2) is 0 Å². The van der Waals surface area contributed by atoms with Crippen LogP contribution in [-0.2, 0) is 4.79 Å². The van der Waals surface area contributed by atoms with E-state index in [1.807, 2.05) is 13.8 Å². The summed E-state index contributed by atoms with van der Waals surface area (Å²) in [5.41, 5.74) is -0.277. The third-order valence-corrected chi connectivity index (χ3v) is 3.94. The van der Waals surface area contributed by atoms with Crippen LogP contribution in [0.3, 0.4) is 0 Å². The van der Waals surface area contributed by atoms with Crippen LogP contribution in [0.25, 0.3) is 0 Å². The van der Waals surface area contributed by atoms with Crippen LogP contribution in [0, 0.1) is 5.92 Å². The highest BCUT2D eigenvalue weighted by atomic mass is 35.5. The number of hydrogen-bond acceptors (Lipinski definition) is 1. The predicted molar refractivity (Wildman–Crippen MR) is 68.8 cm³/mol. The topological polar surface area (TPSA) is 29.1 Å². The zero-order chi connectivity index (χ0) is 12.0. The molecule has 0 atom stereocenters. The summed E-state index contributed by atoms with van der Waals surface area (Å²) in [6.07, 6.45) is 8.38. The van der Waals surface area contributed by atoms with E-state index in [4.69, 9.17) is 11.6 Å². The molecule has 0 aromatic rings. The van der Waals surface area contributed by atoms with E-state index < -0.39 is 0 Å². The minimum atomic E-state index is -0.277. The van der Waals surface area contributed by atoms with Crippen molar-refractivity contribution in [2.75, 3.05) is 5.88 Å². The van der Waals surface area contributed by atoms with Gasteiger partial charge in [-0.3, -0.25) is 4.79 Å². The minimum absolute atomic E-state index is 0.201. The first-order chi connectivity index (χ1) is 7.55. The Morgan fingerprint density at radius 3 is 2.19 bits per heavy atom. The summed E-state index contributed by atoms with van der Waals surface area (Å²) in [6, 6.07) is 0. The number of nitrogens with one attached hydrogen (secondary N) is 1. The van der Waals surface area contributed by atoms with E-state index >= 15 is 0 Å². The van der Waals surface area contributed by atoms with Crippen LogP contribution in [0.1, 0.15) is 58.8 Å². The summed E-state index contributed by atoms with van der Waals surface area (Å²) < 4.78 is 0. The van der Waals surface area contributed by atoms with Crippen LogP contribution < -0.4 is 5.32 Å². The lowest BCUT2D eigenvalue weighted by Gasteiger charge is -2.27. The van der Waals surface area contributed by atoms with Crippen molar-refractivity contribution in [3.05, 3.63) is 0 Å². The maximum absolute atomic E-state index is 12.1. The molecule has 3 heteroatoms. The highest BCUT2D eigenvalue weighted by Gasteiger charge is 2.25. The van der Waals surface area contributed by atoms with E-state index in [2.05, 4.69) is 5.32 Å². The van der Waals surface area contributed by atoms with E-state index in [-0.39, 0.29) is 17.4 Å². The number of amides is 1. The fourth-order valence-corrected chi connectivity index (χ4v) is 2.25. The number of carbonyl (C=O) groups is 1. The zero-order valence-electron chi connectivity index (χ0n) is 10.5. The number of hydrogen-bond donors (Lipinski definition) is 1. The molecule has 0 aromatic carbocycles. The van der Waals surface area contributed by atoms with Gasteiger partial charge in [-0.1, -0.05) is 32.1 Å². The van der Waals surface area contributed by atoms with Gasteiger partial charge in [0.05, 0.1) is 0 Å². The van der Waals surface area contributed by atoms with Gasteiger partial charge in [-0.05, 0) is 26.7 Å². The molecular weight excluding hydrogens is 222 g/mol. The summed E-state index contributed by atoms with van der Waals surface area (Å²) >= 11 is 5.82. The van der Waals surface area contributed by atoms with Gasteiger partial charge in [0.2, 0.25) is 5.91 Å². The Morgan fingerprint density at radius 2 is 1.69 bits per heavy atom. The van der Waals surface area contributed by atoms with Gasteiger partial charge in [0.25, 0.3) is 0 Å². The Bertz CT molecular complexity index is 220. The molecule has 0 saturated heterocycles. The second-order valence-electron chi connectivity index (χ2n) is 5.55. The van der Waals surface area contributed by atoms with Crippen molar-refractivity contribution in [3.63, 3.8) is 0 Å². The van der Waals surface area contributed by atoms with Gasteiger partial charge >= 0.3 is 0 Å². The molecule has 1 rings (SSSR count). The van der Waals surface area contributed by atoms with E-state index in [9.17, 15) is 4.79 Å². The monoisotopic (exact) mass is 245 g/mol. The first-order valence-corrected chi connectivity index (χ1v) is 6.96. The Balaban J connectivity index is 2.44. The number of alkyl halides is 1. The normalized spacial score (nSPS) is 19.9. The van der Waals surface area contributed by atoms with E-state index in [0.29, 0.717) is 5.88 Å². The molecule has 0 heterocycles. The molecule has 1 aliphatic rings. The number of carbonyl (C=O) groups excluding carboxylic acids is 1. The smallest absolute Gasteiger partial charge is 0.223 e. The first-order valence-electron chi connectivity index (χ1n) is 6.43. The van der Waals surface area contributed by atoms with Crippen molar-refractivity contribution in [3.8, 4) is 0 Å². The third kappa shape index (κ3) is 4.73. The van der Waals surface area contributed by atoms with Crippen LogP contribution in [0.5, 0.6) is 0 Å². The van der Waals surface area contributed by atoms with E-state index in [0.717, 1.165) is 12.8 Å². The van der Waals surface area contributed by atoms with Gasteiger partial charge in [0.1, 0.15) is 0 Å². The van der Waals surface area contributed by atoms with Crippen LogP contribution in [0.4, 0.5) is 0 Å². The Labute approximate surface area is 104 Å². The molecule has 0 aromatic heterocycles. The summed E-state index contributed by atoms with van der Waals surface area (Å²) in [5, 5.41) is 3.05. The second kappa shape index (κ2) is 6.48. The quantitative estimate of drug-likeness (QED) is 0.758. The van der Waals surface area contributed by atoms with Crippen molar-refractivity contribution < 1.29 is 4.79 Å². The number of rotatable bonds is 3. The molecule has 94 valence electrons. The maximum atomic E-state index is 12.1. The fourth-order valence-electron chi connectivity index (χ4n) is 2.19. The summed E-state index contributed by atoms with van der Waals surface area (Å²) in [7, 11) is 0. The highest BCUT2D eigenvalue weighted by Crippen LogP contribution is 2.23. The van der Waals surface area contributed by atoms with Crippen molar-refractivity contribution in [1.29, 1.82) is 0 Å². The average Bonchev–Trinajstić information content (AvgIpc) is 2.16. The van der Waals surface area contributed by atoms with Crippen molar-refractivity contribution >= 4 is 17.5 Å². The predicted octanol–water partition coefficient (Wildman–Crippen LogP) is 3.48. The van der Waals surface area contributed by atoms with Crippen LogP contribution in [-0.4, -0.2) is 17.3 Å². The average molecular weight is 246 g/mol. The molecular formula is C13H24ClNO. The molecule has 2 nitrogen and oxygen atoms in total. The maximum Gasteiger partial charge on any atom is 0.223 e. The number of halogens is 1. The minimum Gasteiger partial charge on any atom is -0.350 e. The third-order valence-electron chi connectivity index (χ3n) is 3.27. The highest BCUT2D eigenvalue weighted by molar-refractivity contribution is 6.18. The molecule has 1 aliphatic carbocycles. The Morgan fingerprint density at radius 1 is 1.19 bits per heavy atom. The lowest BCUT2D eigenvalue weighted by Crippen LogP contribution is -2.47. The SMILES string of the molecule is CC(C)(CCl)NC(=O)C1CCCCCCC1. The van der Waals surface area contributed by atoms with Crippen molar-refractivity contribution in [2.45, 2.75) is 64.3 Å². The molecule has 0 aliphatic heterocycles. The fraction of sp³-hybridized carbons (Fsp3) is 0.923. The van der Waals surface area contributed by atoms with Gasteiger partial charge in [0, 0.05) is 17.3 Å². The van der Waals surface area contributed by atoms with Crippen molar-refractivity contribution in [2.24, 2.45) is 5.92 Å². The lowest BCUT2D eigenvalue weighted by atomic mass is 9.90. The molecule has 16 heavy (non-hydrogen) atoms. The van der Waals surface area contributed by atoms with Crippen LogP contribution in [0.2, 0.25) is 0 Å². The van der Waals surface area contributed by atoms with Gasteiger partial charge in [0.15, 0.2) is 0 Å². The molecule has 1 saturated carbocycles. The standard InChI is InChI=1S/C13H24ClNO/c1-13(2,10-14)15-12(16)11-8-6-4-3-5-7-9-11/h11H,3-10H2,1-2H3,(H,15,16).